The predicted molar refractivity (Wildman–Crippen MR) is 97.3 cm³/mol. The van der Waals surface area contributed by atoms with E-state index in [0.29, 0.717) is 6.42 Å². The topological polar surface area (TPSA) is 23.6 Å². The van der Waals surface area contributed by atoms with Crippen LogP contribution >= 0.6 is 0 Å². The summed E-state index contributed by atoms with van der Waals surface area (Å²) in [4.78, 5) is 17.2. The summed E-state index contributed by atoms with van der Waals surface area (Å²) in [5.41, 5.74) is 2.28. The number of ketones is 1. The second-order valence-corrected chi connectivity index (χ2v) is 7.85. The summed E-state index contributed by atoms with van der Waals surface area (Å²) in [7, 11) is 2.18. The first-order valence-corrected chi connectivity index (χ1v) is 8.91. The quantitative estimate of drug-likeness (QED) is 0.592. The van der Waals surface area contributed by atoms with Gasteiger partial charge in [-0.3, -0.25) is 4.79 Å². The molecule has 0 spiro atoms. The van der Waals surface area contributed by atoms with Gasteiger partial charge in [-0.05, 0) is 37.4 Å². The van der Waals surface area contributed by atoms with E-state index in [1.54, 1.807) is 0 Å². The van der Waals surface area contributed by atoms with Crippen LogP contribution in [-0.2, 0) is 5.41 Å². The van der Waals surface area contributed by atoms with Crippen molar-refractivity contribution >= 4 is 5.78 Å². The zero-order valence-corrected chi connectivity index (χ0v) is 15.3. The molecule has 0 N–H and O–H groups in total. The highest BCUT2D eigenvalue weighted by molar-refractivity contribution is 5.96. The molecule has 0 atom stereocenters. The Morgan fingerprint density at radius 1 is 1.00 bits per heavy atom. The molecule has 23 heavy (non-hydrogen) atoms. The van der Waals surface area contributed by atoms with Gasteiger partial charge in [-0.2, -0.15) is 0 Å². The molecule has 3 heteroatoms. The Kier molecular flexibility index (Phi) is 6.37. The van der Waals surface area contributed by atoms with Crippen LogP contribution in [0.2, 0.25) is 0 Å². The van der Waals surface area contributed by atoms with Gasteiger partial charge in [-0.1, -0.05) is 45.0 Å². The highest BCUT2D eigenvalue weighted by Gasteiger charge is 2.15. The van der Waals surface area contributed by atoms with E-state index in [1.807, 2.05) is 12.1 Å². The van der Waals surface area contributed by atoms with Crippen LogP contribution in [0, 0.1) is 0 Å². The van der Waals surface area contributed by atoms with Crippen LogP contribution in [0.15, 0.2) is 24.3 Å². The number of hydrogen-bond donors (Lipinski definition) is 0. The minimum Gasteiger partial charge on any atom is -0.304 e. The van der Waals surface area contributed by atoms with Crippen molar-refractivity contribution in [1.82, 2.24) is 9.80 Å². The number of benzene rings is 1. The maximum atomic E-state index is 12.3. The van der Waals surface area contributed by atoms with Crippen molar-refractivity contribution in [2.75, 3.05) is 39.8 Å². The van der Waals surface area contributed by atoms with Crippen LogP contribution in [0.4, 0.5) is 0 Å². The van der Waals surface area contributed by atoms with Gasteiger partial charge in [-0.15, -0.1) is 0 Å². The summed E-state index contributed by atoms with van der Waals surface area (Å²) in [5, 5.41) is 0. The van der Waals surface area contributed by atoms with Crippen LogP contribution < -0.4 is 0 Å². The Labute approximate surface area is 141 Å². The summed E-state index contributed by atoms with van der Waals surface area (Å²) in [6.07, 6.45) is 2.78. The number of rotatable bonds is 6. The van der Waals surface area contributed by atoms with Crippen molar-refractivity contribution in [3.63, 3.8) is 0 Å². The van der Waals surface area contributed by atoms with Crippen molar-refractivity contribution in [1.29, 1.82) is 0 Å². The van der Waals surface area contributed by atoms with Crippen LogP contribution in [-0.4, -0.2) is 55.4 Å². The molecule has 0 radical (unpaired) electrons. The number of Topliss-reactive ketones (excluding diaryl/α,β-unsaturated/α-hetero) is 1. The fourth-order valence-corrected chi connectivity index (χ4v) is 2.99. The smallest absolute Gasteiger partial charge is 0.162 e. The van der Waals surface area contributed by atoms with Crippen molar-refractivity contribution in [2.24, 2.45) is 0 Å². The molecule has 0 bridgehead atoms. The molecular weight excluding hydrogens is 284 g/mol. The van der Waals surface area contributed by atoms with E-state index in [4.69, 9.17) is 0 Å². The average Bonchev–Trinajstić information content (AvgIpc) is 2.52. The first-order valence-electron chi connectivity index (χ1n) is 8.91. The largest absolute Gasteiger partial charge is 0.304 e. The molecular formula is C20H32N2O. The molecule has 0 saturated carbocycles. The third-order valence-electron chi connectivity index (χ3n) is 4.80. The van der Waals surface area contributed by atoms with Gasteiger partial charge in [0.25, 0.3) is 0 Å². The third kappa shape index (κ3) is 5.74. The Morgan fingerprint density at radius 3 is 2.17 bits per heavy atom. The molecule has 1 heterocycles. The maximum Gasteiger partial charge on any atom is 0.162 e. The van der Waals surface area contributed by atoms with Crippen molar-refractivity contribution in [3.05, 3.63) is 35.4 Å². The van der Waals surface area contributed by atoms with Gasteiger partial charge in [0, 0.05) is 38.2 Å². The Balaban J connectivity index is 1.70. The number of piperazine rings is 1. The molecule has 0 aliphatic carbocycles. The second-order valence-electron chi connectivity index (χ2n) is 7.85. The predicted octanol–water partition coefficient (Wildman–Crippen LogP) is 3.58. The SMILES string of the molecule is CN1CCN(CCCCC(=O)c2ccc(C(C)(C)C)cc2)CC1. The molecule has 0 unspecified atom stereocenters. The second kappa shape index (κ2) is 8.07. The van der Waals surface area contributed by atoms with E-state index in [-0.39, 0.29) is 11.2 Å². The van der Waals surface area contributed by atoms with Crippen molar-refractivity contribution in [3.8, 4) is 0 Å². The minimum absolute atomic E-state index is 0.143. The maximum absolute atomic E-state index is 12.3. The summed E-state index contributed by atoms with van der Waals surface area (Å²) in [6.45, 7) is 12.4. The minimum atomic E-state index is 0.143. The number of nitrogens with zero attached hydrogens (tertiary/aromatic N) is 2. The lowest BCUT2D eigenvalue weighted by Gasteiger charge is -2.32. The van der Waals surface area contributed by atoms with Crippen LogP contribution in [0.25, 0.3) is 0 Å². The first-order chi connectivity index (χ1) is 10.9. The fraction of sp³-hybridized carbons (Fsp3) is 0.650. The zero-order valence-electron chi connectivity index (χ0n) is 15.3. The van der Waals surface area contributed by atoms with Crippen LogP contribution in [0.1, 0.15) is 56.0 Å². The molecule has 1 aromatic rings. The molecule has 3 nitrogen and oxygen atoms in total. The van der Waals surface area contributed by atoms with Gasteiger partial charge in [0.1, 0.15) is 0 Å². The van der Waals surface area contributed by atoms with Gasteiger partial charge < -0.3 is 9.80 Å². The fourth-order valence-electron chi connectivity index (χ4n) is 2.99. The standard InChI is InChI=1S/C20H32N2O/c1-20(2,3)18-10-8-17(9-11-18)19(23)7-5-6-12-22-15-13-21(4)14-16-22/h8-11H,5-7,12-16H2,1-4H3. The normalized spacial score (nSPS) is 17.4. The molecule has 128 valence electrons. The number of unbranched alkanes of at least 4 members (excludes halogenated alkanes) is 1. The zero-order chi connectivity index (χ0) is 16.9. The highest BCUT2D eigenvalue weighted by Crippen LogP contribution is 2.22. The van der Waals surface area contributed by atoms with E-state index in [1.165, 1.54) is 31.7 Å². The van der Waals surface area contributed by atoms with Crippen molar-refractivity contribution < 1.29 is 4.79 Å². The lowest BCUT2D eigenvalue weighted by atomic mass is 9.86. The first kappa shape index (κ1) is 18.2. The molecule has 2 rings (SSSR count). The van der Waals surface area contributed by atoms with E-state index in [0.717, 1.165) is 24.9 Å². The Morgan fingerprint density at radius 2 is 1.61 bits per heavy atom. The van der Waals surface area contributed by atoms with Crippen LogP contribution in [0.5, 0.6) is 0 Å². The lowest BCUT2D eigenvalue weighted by Crippen LogP contribution is -2.44. The summed E-state index contributed by atoms with van der Waals surface area (Å²) >= 11 is 0. The van der Waals surface area contributed by atoms with Gasteiger partial charge >= 0.3 is 0 Å². The number of likely N-dealkylation sites (N-methyl/N-ethyl adjacent to an activating group) is 1. The average molecular weight is 316 g/mol. The molecule has 1 fully saturated rings. The van der Waals surface area contributed by atoms with Gasteiger partial charge in [0.2, 0.25) is 0 Å². The monoisotopic (exact) mass is 316 g/mol. The number of carbonyl (C=O) groups excluding carboxylic acids is 1. The summed E-state index contributed by atoms with van der Waals surface area (Å²) in [6, 6.07) is 8.17. The molecule has 1 aliphatic rings. The van der Waals surface area contributed by atoms with E-state index in [2.05, 4.69) is 49.8 Å². The Bertz CT molecular complexity index is 493. The van der Waals surface area contributed by atoms with Gasteiger partial charge in [-0.25, -0.2) is 0 Å². The third-order valence-corrected chi connectivity index (χ3v) is 4.80. The van der Waals surface area contributed by atoms with Gasteiger partial charge in [0.15, 0.2) is 5.78 Å². The Hall–Kier alpha value is -1.19. The highest BCUT2D eigenvalue weighted by atomic mass is 16.1. The molecule has 1 aromatic carbocycles. The van der Waals surface area contributed by atoms with E-state index < -0.39 is 0 Å². The number of hydrogen-bond acceptors (Lipinski definition) is 3. The molecule has 1 saturated heterocycles. The summed E-state index contributed by atoms with van der Waals surface area (Å²) < 4.78 is 0. The molecule has 1 aliphatic heterocycles. The molecule has 0 amide bonds. The summed E-state index contributed by atoms with van der Waals surface area (Å²) in [5.74, 6) is 0.281. The lowest BCUT2D eigenvalue weighted by molar-refractivity contribution is 0.0975. The van der Waals surface area contributed by atoms with Crippen LogP contribution in [0.3, 0.4) is 0 Å². The van der Waals surface area contributed by atoms with Gasteiger partial charge in [0.05, 0.1) is 0 Å². The van der Waals surface area contributed by atoms with E-state index in [9.17, 15) is 4.79 Å². The van der Waals surface area contributed by atoms with E-state index >= 15 is 0 Å². The number of carbonyl (C=O) groups is 1. The van der Waals surface area contributed by atoms with Crippen molar-refractivity contribution in [2.45, 2.75) is 45.4 Å². The molecule has 0 aromatic heterocycles.